The molecule has 0 aromatic heterocycles. The standard InChI is InChI=1S/C29H22N2O7/c1-14-11-23(33)26-21(27(14)34)13-20-17(24(26)18-7-2-3-8-22(18)32)9-10-19-25(20)29(36)30(28(19)35)15-5-4-6-16(12-15)31(37)38/h2-9,11-12,19-20,24-25,32H,10,13H2,1H3/t19-,20+,24+,25-/m0/s1. The molecule has 9 nitrogen and oxygen atoms in total. The molecule has 3 aliphatic carbocycles. The molecule has 0 radical (unpaired) electrons. The average Bonchev–Trinajstić information content (AvgIpc) is 3.16. The summed E-state index contributed by atoms with van der Waals surface area (Å²) in [7, 11) is 0. The van der Waals surface area contributed by atoms with Crippen molar-refractivity contribution < 1.29 is 29.2 Å². The molecule has 0 saturated carbocycles. The predicted molar refractivity (Wildman–Crippen MR) is 135 cm³/mol. The highest BCUT2D eigenvalue weighted by molar-refractivity contribution is 6.25. The number of allylic oxidation sites excluding steroid dienone is 6. The van der Waals surface area contributed by atoms with Crippen molar-refractivity contribution in [1.29, 1.82) is 0 Å². The summed E-state index contributed by atoms with van der Waals surface area (Å²) in [5, 5.41) is 22.1. The molecule has 0 spiro atoms. The number of rotatable bonds is 3. The van der Waals surface area contributed by atoms with Gasteiger partial charge in [0, 0.05) is 40.3 Å². The number of aromatic hydroxyl groups is 1. The number of amides is 2. The number of fused-ring (bicyclic) bond motifs is 3. The number of imide groups is 1. The van der Waals surface area contributed by atoms with Crippen LogP contribution in [0.1, 0.15) is 31.2 Å². The van der Waals surface area contributed by atoms with Crippen molar-refractivity contribution in [3.8, 4) is 5.75 Å². The summed E-state index contributed by atoms with van der Waals surface area (Å²) in [6.07, 6.45) is 3.52. The number of phenolic OH excluding ortho intramolecular Hbond substituents is 1. The number of carbonyl (C=O) groups excluding carboxylic acids is 4. The van der Waals surface area contributed by atoms with E-state index in [1.54, 1.807) is 25.1 Å². The Morgan fingerprint density at radius 2 is 1.76 bits per heavy atom. The van der Waals surface area contributed by atoms with Crippen molar-refractivity contribution in [2.45, 2.75) is 25.7 Å². The first kappa shape index (κ1) is 23.7. The van der Waals surface area contributed by atoms with E-state index in [-0.39, 0.29) is 41.5 Å². The summed E-state index contributed by atoms with van der Waals surface area (Å²) in [5.74, 6) is -4.36. The van der Waals surface area contributed by atoms with Gasteiger partial charge in [-0.3, -0.25) is 29.3 Å². The van der Waals surface area contributed by atoms with Gasteiger partial charge in [-0.25, -0.2) is 4.90 Å². The molecular weight excluding hydrogens is 488 g/mol. The number of Topliss-reactive ketones (excluding diaryl/α,β-unsaturated/α-hetero) is 1. The minimum Gasteiger partial charge on any atom is -0.508 e. The summed E-state index contributed by atoms with van der Waals surface area (Å²) in [5.41, 5.74) is 1.98. The third-order valence-electron chi connectivity index (χ3n) is 8.11. The first-order valence-corrected chi connectivity index (χ1v) is 12.3. The third kappa shape index (κ3) is 3.31. The Labute approximate surface area is 216 Å². The van der Waals surface area contributed by atoms with Crippen LogP contribution in [0.5, 0.6) is 5.75 Å². The van der Waals surface area contributed by atoms with Gasteiger partial charge in [-0.1, -0.05) is 35.9 Å². The van der Waals surface area contributed by atoms with E-state index in [0.717, 1.165) is 10.5 Å². The summed E-state index contributed by atoms with van der Waals surface area (Å²) in [6.45, 7) is 1.57. The average molecular weight is 511 g/mol. The van der Waals surface area contributed by atoms with E-state index in [4.69, 9.17) is 0 Å². The molecule has 2 amide bonds. The maximum absolute atomic E-state index is 13.8. The zero-order valence-electron chi connectivity index (χ0n) is 20.3. The topological polar surface area (TPSA) is 135 Å². The summed E-state index contributed by atoms with van der Waals surface area (Å²) < 4.78 is 0. The number of hydrogen-bond acceptors (Lipinski definition) is 7. The molecule has 0 bridgehead atoms. The molecule has 6 rings (SSSR count). The number of non-ortho nitro benzene ring substituents is 1. The summed E-state index contributed by atoms with van der Waals surface area (Å²) >= 11 is 0. The SMILES string of the molecule is CC1=CC(=O)C2=C(C[C@@H]3C(=CC[C@@H]4C(=O)N(c5cccc([N+](=O)[O-])c5)C(=O)[C@@H]43)[C@@H]2c2ccccc2O)C1=O. The fourth-order valence-corrected chi connectivity index (χ4v) is 6.47. The second-order valence-corrected chi connectivity index (χ2v) is 10.1. The molecule has 9 heteroatoms. The van der Waals surface area contributed by atoms with Gasteiger partial charge in [-0.2, -0.15) is 0 Å². The fraction of sp³-hybridized carbons (Fsp3) is 0.241. The number of benzene rings is 2. The van der Waals surface area contributed by atoms with Gasteiger partial charge in [0.05, 0.1) is 22.4 Å². The van der Waals surface area contributed by atoms with Crippen LogP contribution in [0, 0.1) is 27.9 Å². The molecule has 4 aliphatic rings. The highest BCUT2D eigenvalue weighted by Gasteiger charge is 2.56. The van der Waals surface area contributed by atoms with Crippen LogP contribution in [0.4, 0.5) is 11.4 Å². The lowest BCUT2D eigenvalue weighted by Gasteiger charge is -2.42. The number of phenols is 1. The van der Waals surface area contributed by atoms with Crippen LogP contribution in [-0.4, -0.2) is 33.4 Å². The molecule has 1 saturated heterocycles. The number of hydrogen-bond donors (Lipinski definition) is 1. The van der Waals surface area contributed by atoms with Gasteiger partial charge in [0.25, 0.3) is 5.69 Å². The van der Waals surface area contributed by atoms with Crippen LogP contribution in [-0.2, 0) is 19.2 Å². The lowest BCUT2D eigenvalue weighted by Crippen LogP contribution is -2.39. The van der Waals surface area contributed by atoms with Crippen LogP contribution in [0.3, 0.4) is 0 Å². The molecule has 1 N–H and O–H groups in total. The van der Waals surface area contributed by atoms with Crippen LogP contribution >= 0.6 is 0 Å². The van der Waals surface area contributed by atoms with E-state index in [2.05, 4.69) is 0 Å². The monoisotopic (exact) mass is 510 g/mol. The van der Waals surface area contributed by atoms with Crippen molar-refractivity contribution in [2.75, 3.05) is 4.90 Å². The molecule has 38 heavy (non-hydrogen) atoms. The van der Waals surface area contributed by atoms with Crippen molar-refractivity contribution in [3.05, 3.63) is 98.7 Å². The van der Waals surface area contributed by atoms with Crippen molar-refractivity contribution in [1.82, 2.24) is 0 Å². The van der Waals surface area contributed by atoms with E-state index in [1.807, 2.05) is 6.08 Å². The van der Waals surface area contributed by atoms with Crippen LogP contribution in [0.15, 0.2) is 83.0 Å². The smallest absolute Gasteiger partial charge is 0.271 e. The van der Waals surface area contributed by atoms with E-state index in [0.29, 0.717) is 22.3 Å². The second-order valence-electron chi connectivity index (χ2n) is 10.1. The van der Waals surface area contributed by atoms with Gasteiger partial charge >= 0.3 is 0 Å². The molecule has 1 heterocycles. The van der Waals surface area contributed by atoms with E-state index >= 15 is 0 Å². The summed E-state index contributed by atoms with van der Waals surface area (Å²) in [4.78, 5) is 65.6. The molecule has 4 atom stereocenters. The molecular formula is C29H22N2O7. The highest BCUT2D eigenvalue weighted by Crippen LogP contribution is 2.56. The van der Waals surface area contributed by atoms with Crippen molar-refractivity contribution >= 4 is 34.8 Å². The number of nitrogens with zero attached hydrogens (tertiary/aromatic N) is 2. The lowest BCUT2D eigenvalue weighted by molar-refractivity contribution is -0.384. The number of carbonyl (C=O) groups is 4. The fourth-order valence-electron chi connectivity index (χ4n) is 6.47. The Bertz CT molecular complexity index is 1580. The van der Waals surface area contributed by atoms with Crippen LogP contribution in [0.25, 0.3) is 0 Å². The molecule has 1 aliphatic heterocycles. The zero-order chi connectivity index (χ0) is 26.9. The minimum atomic E-state index is -0.807. The molecule has 0 unspecified atom stereocenters. The third-order valence-corrected chi connectivity index (χ3v) is 8.11. The van der Waals surface area contributed by atoms with Crippen molar-refractivity contribution in [2.24, 2.45) is 17.8 Å². The predicted octanol–water partition coefficient (Wildman–Crippen LogP) is 3.93. The van der Waals surface area contributed by atoms with E-state index in [1.165, 1.54) is 36.4 Å². The quantitative estimate of drug-likeness (QED) is 0.217. The maximum atomic E-state index is 13.8. The van der Waals surface area contributed by atoms with Gasteiger partial charge in [0.2, 0.25) is 11.8 Å². The molecule has 2 aromatic carbocycles. The Hall–Kier alpha value is -4.66. The zero-order valence-corrected chi connectivity index (χ0v) is 20.3. The number of nitro benzene ring substituents is 1. The first-order valence-electron chi connectivity index (χ1n) is 12.3. The largest absolute Gasteiger partial charge is 0.508 e. The molecule has 1 fully saturated rings. The number of anilines is 1. The Morgan fingerprint density at radius 1 is 1.00 bits per heavy atom. The molecule has 2 aromatic rings. The van der Waals surface area contributed by atoms with Crippen molar-refractivity contribution in [3.63, 3.8) is 0 Å². The van der Waals surface area contributed by atoms with Crippen LogP contribution < -0.4 is 4.90 Å². The van der Waals surface area contributed by atoms with E-state index < -0.39 is 40.4 Å². The number of para-hydroxylation sites is 1. The lowest BCUT2D eigenvalue weighted by atomic mass is 9.59. The van der Waals surface area contributed by atoms with Gasteiger partial charge in [0.1, 0.15) is 5.75 Å². The second kappa shape index (κ2) is 8.44. The first-order chi connectivity index (χ1) is 18.2. The van der Waals surface area contributed by atoms with Gasteiger partial charge in [-0.05, 0) is 43.9 Å². The number of ketones is 2. The molecule has 190 valence electrons. The highest BCUT2D eigenvalue weighted by atomic mass is 16.6. The van der Waals surface area contributed by atoms with E-state index in [9.17, 15) is 34.4 Å². The Balaban J connectivity index is 1.48. The normalized spacial score (nSPS) is 26.5. The number of nitro groups is 1. The minimum absolute atomic E-state index is 0.0356. The van der Waals surface area contributed by atoms with Gasteiger partial charge in [-0.15, -0.1) is 0 Å². The van der Waals surface area contributed by atoms with Crippen LogP contribution in [0.2, 0.25) is 0 Å². The Kier molecular flexibility index (Phi) is 5.27. The Morgan fingerprint density at radius 3 is 2.50 bits per heavy atom. The maximum Gasteiger partial charge on any atom is 0.271 e. The van der Waals surface area contributed by atoms with Gasteiger partial charge in [0.15, 0.2) is 11.6 Å². The summed E-state index contributed by atoms with van der Waals surface area (Å²) in [6, 6.07) is 12.0. The van der Waals surface area contributed by atoms with Gasteiger partial charge < -0.3 is 5.11 Å².